The SMILES string of the molecule is CCSC1CCC(n2c(C(C)Cl)nc3cccc(Cl)c32)C1. The molecule has 3 rings (SSSR count). The van der Waals surface area contributed by atoms with Gasteiger partial charge >= 0.3 is 0 Å². The third-order valence-electron chi connectivity index (χ3n) is 4.17. The molecule has 114 valence electrons. The van der Waals surface area contributed by atoms with Gasteiger partial charge in [0.25, 0.3) is 0 Å². The lowest BCUT2D eigenvalue weighted by molar-refractivity contribution is 0.511. The van der Waals surface area contributed by atoms with Crippen molar-refractivity contribution < 1.29 is 0 Å². The molecule has 0 bridgehead atoms. The Kier molecular flexibility index (Phi) is 4.72. The largest absolute Gasteiger partial charge is 0.322 e. The molecule has 1 aromatic heterocycles. The molecule has 0 saturated heterocycles. The lowest BCUT2D eigenvalue weighted by Gasteiger charge is -2.18. The quantitative estimate of drug-likeness (QED) is 0.650. The van der Waals surface area contributed by atoms with Gasteiger partial charge in [0.15, 0.2) is 0 Å². The number of imidazole rings is 1. The molecule has 2 nitrogen and oxygen atoms in total. The molecule has 21 heavy (non-hydrogen) atoms. The van der Waals surface area contributed by atoms with E-state index in [4.69, 9.17) is 28.2 Å². The molecule has 1 aromatic carbocycles. The molecule has 1 aliphatic rings. The first-order valence-corrected chi connectivity index (χ1v) is 9.40. The van der Waals surface area contributed by atoms with E-state index in [1.807, 2.05) is 25.1 Å². The molecular weight excluding hydrogens is 323 g/mol. The van der Waals surface area contributed by atoms with Crippen molar-refractivity contribution in [2.45, 2.75) is 49.8 Å². The molecular formula is C16H20Cl2N2S. The van der Waals surface area contributed by atoms with Gasteiger partial charge in [-0.25, -0.2) is 4.98 Å². The van der Waals surface area contributed by atoms with Crippen molar-refractivity contribution in [1.82, 2.24) is 9.55 Å². The van der Waals surface area contributed by atoms with E-state index in [-0.39, 0.29) is 5.38 Å². The normalized spacial score (nSPS) is 23.8. The molecule has 3 unspecified atom stereocenters. The fourth-order valence-corrected chi connectivity index (χ4v) is 4.86. The topological polar surface area (TPSA) is 17.8 Å². The van der Waals surface area contributed by atoms with Crippen molar-refractivity contribution in [2.24, 2.45) is 0 Å². The number of nitrogens with zero attached hydrogens (tertiary/aromatic N) is 2. The summed E-state index contributed by atoms with van der Waals surface area (Å²) in [5.41, 5.74) is 2.01. The average Bonchev–Trinajstić information content (AvgIpc) is 3.03. The highest BCUT2D eigenvalue weighted by atomic mass is 35.5. The number of halogens is 2. The molecule has 0 amide bonds. The number of fused-ring (bicyclic) bond motifs is 1. The molecule has 0 N–H and O–H groups in total. The lowest BCUT2D eigenvalue weighted by Crippen LogP contribution is -2.11. The van der Waals surface area contributed by atoms with Gasteiger partial charge in [-0.15, -0.1) is 11.6 Å². The Labute approximate surface area is 140 Å². The summed E-state index contributed by atoms with van der Waals surface area (Å²) < 4.78 is 2.31. The average molecular weight is 343 g/mol. The van der Waals surface area contributed by atoms with E-state index in [0.29, 0.717) is 6.04 Å². The Morgan fingerprint density at radius 2 is 2.24 bits per heavy atom. The van der Waals surface area contributed by atoms with Crippen LogP contribution in [0.15, 0.2) is 18.2 Å². The van der Waals surface area contributed by atoms with Crippen molar-refractivity contribution in [1.29, 1.82) is 0 Å². The molecule has 0 spiro atoms. The van der Waals surface area contributed by atoms with Crippen LogP contribution in [-0.4, -0.2) is 20.6 Å². The first-order valence-electron chi connectivity index (χ1n) is 7.53. The number of benzene rings is 1. The Morgan fingerprint density at radius 3 is 2.95 bits per heavy atom. The minimum absolute atomic E-state index is 0.105. The standard InChI is InChI=1S/C16H20Cl2N2S/c1-3-21-12-8-7-11(9-12)20-15-13(18)5-4-6-14(15)19-16(20)10(2)17/h4-6,10-12H,3,7-9H2,1-2H3. The van der Waals surface area contributed by atoms with Crippen molar-refractivity contribution in [3.8, 4) is 0 Å². The first kappa shape index (κ1) is 15.5. The minimum Gasteiger partial charge on any atom is -0.322 e. The summed E-state index contributed by atoms with van der Waals surface area (Å²) in [5.74, 6) is 2.13. The van der Waals surface area contributed by atoms with E-state index in [9.17, 15) is 0 Å². The van der Waals surface area contributed by atoms with Gasteiger partial charge in [-0.1, -0.05) is 24.6 Å². The molecule has 3 atom stereocenters. The highest BCUT2D eigenvalue weighted by Gasteiger charge is 2.30. The maximum Gasteiger partial charge on any atom is 0.128 e. The van der Waals surface area contributed by atoms with Crippen LogP contribution in [0.25, 0.3) is 11.0 Å². The number of thioether (sulfide) groups is 1. The van der Waals surface area contributed by atoms with Crippen LogP contribution in [0.4, 0.5) is 0 Å². The van der Waals surface area contributed by atoms with Crippen LogP contribution in [0, 0.1) is 0 Å². The van der Waals surface area contributed by atoms with Crippen LogP contribution in [0.1, 0.15) is 50.4 Å². The number of rotatable bonds is 4. The molecule has 1 fully saturated rings. The third-order valence-corrected chi connectivity index (χ3v) is 5.90. The second kappa shape index (κ2) is 6.39. The zero-order valence-corrected chi connectivity index (χ0v) is 14.7. The number of aromatic nitrogens is 2. The Balaban J connectivity index is 2.06. The molecule has 1 saturated carbocycles. The van der Waals surface area contributed by atoms with Crippen molar-refractivity contribution in [2.75, 3.05) is 5.75 Å². The van der Waals surface area contributed by atoms with Gasteiger partial charge in [0, 0.05) is 11.3 Å². The van der Waals surface area contributed by atoms with Crippen LogP contribution in [0.3, 0.4) is 0 Å². The molecule has 0 aliphatic heterocycles. The smallest absolute Gasteiger partial charge is 0.128 e. The summed E-state index contributed by atoms with van der Waals surface area (Å²) >= 11 is 14.9. The lowest BCUT2D eigenvalue weighted by atomic mass is 10.2. The van der Waals surface area contributed by atoms with Crippen LogP contribution in [-0.2, 0) is 0 Å². The predicted molar refractivity (Wildman–Crippen MR) is 93.8 cm³/mol. The number of hydrogen-bond acceptors (Lipinski definition) is 2. The van der Waals surface area contributed by atoms with Gasteiger partial charge in [0.1, 0.15) is 5.82 Å². The monoisotopic (exact) mass is 342 g/mol. The molecule has 5 heteroatoms. The zero-order chi connectivity index (χ0) is 15.0. The summed E-state index contributed by atoms with van der Waals surface area (Å²) in [6.45, 7) is 4.22. The molecule has 2 aromatic rings. The van der Waals surface area contributed by atoms with E-state index < -0.39 is 0 Å². The highest BCUT2D eigenvalue weighted by Crippen LogP contribution is 2.41. The molecule has 1 aliphatic carbocycles. The van der Waals surface area contributed by atoms with Crippen molar-refractivity contribution >= 4 is 46.0 Å². The Hall–Kier alpha value is -0.380. The molecule has 1 heterocycles. The van der Waals surface area contributed by atoms with E-state index in [1.165, 1.54) is 25.0 Å². The van der Waals surface area contributed by atoms with Gasteiger partial charge in [-0.2, -0.15) is 11.8 Å². The van der Waals surface area contributed by atoms with Crippen molar-refractivity contribution in [3.63, 3.8) is 0 Å². The van der Waals surface area contributed by atoms with Crippen LogP contribution < -0.4 is 0 Å². The molecule has 0 radical (unpaired) electrons. The van der Waals surface area contributed by atoms with E-state index in [1.54, 1.807) is 0 Å². The first-order chi connectivity index (χ1) is 10.1. The Bertz CT molecular complexity index is 638. The van der Waals surface area contributed by atoms with Gasteiger partial charge in [0.05, 0.1) is 21.4 Å². The summed E-state index contributed by atoms with van der Waals surface area (Å²) in [4.78, 5) is 4.73. The van der Waals surface area contributed by atoms with Crippen LogP contribution in [0.5, 0.6) is 0 Å². The number of para-hydroxylation sites is 1. The maximum absolute atomic E-state index is 6.45. The van der Waals surface area contributed by atoms with Gasteiger partial charge in [-0.3, -0.25) is 0 Å². The number of hydrogen-bond donors (Lipinski definition) is 0. The summed E-state index contributed by atoms with van der Waals surface area (Å²) in [6.07, 6.45) is 3.64. The second-order valence-corrected chi connectivity index (χ2v) is 8.25. The fourth-order valence-electron chi connectivity index (χ4n) is 3.31. The summed E-state index contributed by atoms with van der Waals surface area (Å²) in [6, 6.07) is 6.39. The fraction of sp³-hybridized carbons (Fsp3) is 0.562. The third kappa shape index (κ3) is 2.93. The van der Waals surface area contributed by atoms with Gasteiger partial charge in [-0.05, 0) is 44.1 Å². The maximum atomic E-state index is 6.45. The summed E-state index contributed by atoms with van der Waals surface area (Å²) in [5, 5.41) is 1.42. The Morgan fingerprint density at radius 1 is 1.43 bits per heavy atom. The van der Waals surface area contributed by atoms with Crippen LogP contribution >= 0.6 is 35.0 Å². The van der Waals surface area contributed by atoms with Gasteiger partial charge in [0.2, 0.25) is 0 Å². The minimum atomic E-state index is -0.105. The summed E-state index contributed by atoms with van der Waals surface area (Å²) in [7, 11) is 0. The van der Waals surface area contributed by atoms with E-state index >= 15 is 0 Å². The second-order valence-electron chi connectivity index (χ2n) is 5.61. The highest BCUT2D eigenvalue weighted by molar-refractivity contribution is 7.99. The van der Waals surface area contributed by atoms with Crippen LogP contribution in [0.2, 0.25) is 5.02 Å². The number of alkyl halides is 1. The predicted octanol–water partition coefficient (Wildman–Crippen LogP) is 5.84. The van der Waals surface area contributed by atoms with Crippen molar-refractivity contribution in [3.05, 3.63) is 29.0 Å². The van der Waals surface area contributed by atoms with Gasteiger partial charge < -0.3 is 4.57 Å². The van der Waals surface area contributed by atoms with E-state index in [0.717, 1.165) is 27.1 Å². The zero-order valence-electron chi connectivity index (χ0n) is 12.4. The van der Waals surface area contributed by atoms with E-state index in [2.05, 4.69) is 23.3 Å².